The maximum atomic E-state index is 17.0. The predicted octanol–water partition coefficient (Wildman–Crippen LogP) is 8.37. The number of imidazole rings is 1. The van der Waals surface area contributed by atoms with Gasteiger partial charge in [-0.05, 0) is 53.9 Å². The van der Waals surface area contributed by atoms with Crippen LogP contribution in [-0.4, -0.2) is 29.9 Å². The van der Waals surface area contributed by atoms with Crippen molar-refractivity contribution in [3.8, 4) is 28.6 Å². The van der Waals surface area contributed by atoms with E-state index in [1.165, 1.54) is 0 Å². The van der Waals surface area contributed by atoms with Gasteiger partial charge < -0.3 is 28.8 Å². The molecule has 0 bridgehead atoms. The lowest BCUT2D eigenvalue weighted by Crippen LogP contribution is -2.49. The number of ether oxygens (including phenoxy) is 4. The van der Waals surface area contributed by atoms with Gasteiger partial charge in [0.25, 0.3) is 0 Å². The molecule has 1 aliphatic heterocycles. The van der Waals surface area contributed by atoms with E-state index in [2.05, 4.69) is 22.9 Å². The Balaban J connectivity index is 1.33. The fraction of sp³-hybridized carbons (Fsp3) is 0.205. The molecule has 7 nitrogen and oxygen atoms in total. The Morgan fingerprint density at radius 2 is 1.40 bits per heavy atom. The summed E-state index contributed by atoms with van der Waals surface area (Å²) in [5.41, 5.74) is 5.42. The van der Waals surface area contributed by atoms with E-state index in [0.29, 0.717) is 31.3 Å². The second kappa shape index (κ2) is 13.2. The molecule has 0 aliphatic carbocycles. The van der Waals surface area contributed by atoms with Gasteiger partial charge in [0.2, 0.25) is 11.5 Å². The zero-order valence-electron chi connectivity index (χ0n) is 26.4. The Labute approximate surface area is 273 Å². The first-order chi connectivity index (χ1) is 23.0. The smallest absolute Gasteiger partial charge is 0.207 e. The Morgan fingerprint density at radius 1 is 0.787 bits per heavy atom. The van der Waals surface area contributed by atoms with E-state index in [0.717, 1.165) is 33.4 Å². The van der Waals surface area contributed by atoms with Crippen LogP contribution in [0.4, 0.5) is 10.1 Å². The molecule has 1 aromatic heterocycles. The number of benzene rings is 5. The highest BCUT2D eigenvalue weighted by Gasteiger charge is 2.40. The number of anilines is 1. The van der Waals surface area contributed by atoms with Crippen LogP contribution in [0.15, 0.2) is 115 Å². The van der Waals surface area contributed by atoms with Crippen LogP contribution in [0.2, 0.25) is 0 Å². The Morgan fingerprint density at radius 3 is 2.00 bits per heavy atom. The van der Waals surface area contributed by atoms with Gasteiger partial charge in [-0.3, -0.25) is 0 Å². The third-order valence-electron chi connectivity index (χ3n) is 8.41. The van der Waals surface area contributed by atoms with E-state index in [1.807, 2.05) is 103 Å². The van der Waals surface area contributed by atoms with Crippen LogP contribution >= 0.6 is 0 Å². The number of aromatic nitrogens is 2. The van der Waals surface area contributed by atoms with Crippen LogP contribution in [0.25, 0.3) is 22.4 Å². The molecule has 0 amide bonds. The largest absolute Gasteiger partial charge is 0.493 e. The fourth-order valence-electron chi connectivity index (χ4n) is 5.88. The number of halogens is 1. The van der Waals surface area contributed by atoms with E-state index in [1.54, 1.807) is 13.2 Å². The molecule has 0 spiro atoms. The van der Waals surface area contributed by atoms with Gasteiger partial charge in [0.15, 0.2) is 11.6 Å². The molecular weight excluding hydrogens is 593 g/mol. The van der Waals surface area contributed by atoms with Crippen molar-refractivity contribution in [3.05, 3.63) is 138 Å². The van der Waals surface area contributed by atoms with E-state index >= 15 is 4.39 Å². The maximum absolute atomic E-state index is 17.0. The number of hydrogen-bond acceptors (Lipinski definition) is 6. The molecular formula is C39H36FN3O4. The highest BCUT2D eigenvalue weighted by Crippen LogP contribution is 2.47. The number of methoxy groups -OCH3 is 1. The van der Waals surface area contributed by atoms with Crippen LogP contribution in [-0.2, 0) is 30.0 Å². The Bertz CT molecular complexity index is 1980. The number of hydrogen-bond donors (Lipinski definition) is 1. The third-order valence-corrected chi connectivity index (χ3v) is 8.41. The molecule has 1 saturated heterocycles. The van der Waals surface area contributed by atoms with Gasteiger partial charge in [-0.15, -0.1) is 0 Å². The summed E-state index contributed by atoms with van der Waals surface area (Å²) in [7, 11) is 1.55. The van der Waals surface area contributed by atoms with Crippen molar-refractivity contribution in [1.29, 1.82) is 0 Å². The second-order valence-electron chi connectivity index (χ2n) is 12.0. The molecule has 0 atom stereocenters. The first-order valence-electron chi connectivity index (χ1n) is 15.7. The van der Waals surface area contributed by atoms with Gasteiger partial charge in [0.05, 0.1) is 42.5 Å². The minimum atomic E-state index is -0.573. The van der Waals surface area contributed by atoms with Gasteiger partial charge >= 0.3 is 0 Å². The molecule has 7 rings (SSSR count). The average molecular weight is 630 g/mol. The van der Waals surface area contributed by atoms with Crippen molar-refractivity contribution in [2.24, 2.45) is 0 Å². The molecule has 0 radical (unpaired) electrons. The number of nitrogens with one attached hydrogen (secondary N) is 1. The summed E-state index contributed by atoms with van der Waals surface area (Å²) in [6, 6.07) is 37.2. The number of nitrogens with zero attached hydrogens (tertiary/aromatic N) is 2. The summed E-state index contributed by atoms with van der Waals surface area (Å²) < 4.78 is 43.1. The predicted molar refractivity (Wildman–Crippen MR) is 181 cm³/mol. The quantitative estimate of drug-likeness (QED) is 0.147. The second-order valence-corrected chi connectivity index (χ2v) is 12.0. The van der Waals surface area contributed by atoms with Crippen molar-refractivity contribution < 1.29 is 23.3 Å². The van der Waals surface area contributed by atoms with Gasteiger partial charge in [0.1, 0.15) is 19.0 Å². The molecule has 1 N–H and O–H groups in total. The lowest BCUT2D eigenvalue weighted by atomic mass is 9.98. The molecule has 0 saturated carbocycles. The number of rotatable bonds is 12. The van der Waals surface area contributed by atoms with Crippen LogP contribution in [0, 0.1) is 5.82 Å². The molecule has 2 heterocycles. The van der Waals surface area contributed by atoms with Crippen molar-refractivity contribution in [2.45, 2.75) is 32.2 Å². The van der Waals surface area contributed by atoms with Crippen LogP contribution in [0.3, 0.4) is 0 Å². The lowest BCUT2D eigenvalue weighted by molar-refractivity contribution is -0.0868. The van der Waals surface area contributed by atoms with Gasteiger partial charge in [0, 0.05) is 12.2 Å². The highest BCUT2D eigenvalue weighted by molar-refractivity contribution is 5.83. The van der Waals surface area contributed by atoms with Crippen molar-refractivity contribution >= 4 is 16.7 Å². The van der Waals surface area contributed by atoms with Gasteiger partial charge in [-0.2, -0.15) is 0 Å². The van der Waals surface area contributed by atoms with Gasteiger partial charge in [-0.25, -0.2) is 9.37 Å². The molecule has 47 heavy (non-hydrogen) atoms. The maximum Gasteiger partial charge on any atom is 0.207 e. The van der Waals surface area contributed by atoms with Gasteiger partial charge in [-0.1, -0.05) is 84.9 Å². The Hall–Kier alpha value is -5.34. The highest BCUT2D eigenvalue weighted by atomic mass is 19.1. The van der Waals surface area contributed by atoms with Crippen LogP contribution in [0.5, 0.6) is 17.2 Å². The first kappa shape index (κ1) is 30.3. The normalized spacial score (nSPS) is 13.6. The molecule has 1 aliphatic rings. The van der Waals surface area contributed by atoms with E-state index in [9.17, 15) is 0 Å². The minimum absolute atomic E-state index is 0.0273. The summed E-state index contributed by atoms with van der Waals surface area (Å²) in [5, 5.41) is 3.48. The fourth-order valence-corrected chi connectivity index (χ4v) is 5.88. The van der Waals surface area contributed by atoms with E-state index in [-0.39, 0.29) is 30.3 Å². The first-order valence-corrected chi connectivity index (χ1v) is 15.7. The topological polar surface area (TPSA) is 66.8 Å². The molecule has 238 valence electrons. The lowest BCUT2D eigenvalue weighted by Gasteiger charge is -2.41. The number of fused-ring (bicyclic) bond motifs is 1. The number of para-hydroxylation sites is 1. The summed E-state index contributed by atoms with van der Waals surface area (Å²) in [4.78, 5) is 5.00. The summed E-state index contributed by atoms with van der Waals surface area (Å²) in [6.45, 7) is 4.05. The molecule has 1 fully saturated rings. The van der Waals surface area contributed by atoms with E-state index < -0.39 is 11.4 Å². The molecule has 8 heteroatoms. The standard InChI is InChI=1S/C39H36FN3O4/c1-39(25-45-26-39)43-33-20-29(22-41-30-16-10-5-11-17-30)18-19-32(33)42-38(43)31-21-34(44-2)36(46-23-27-12-6-3-7-13-27)37(35(31)40)47-24-28-14-8-4-9-15-28/h3-21,41H,22-26H2,1-2H3. The van der Waals surface area contributed by atoms with Crippen LogP contribution in [0.1, 0.15) is 23.6 Å². The molecule has 0 unspecified atom stereocenters. The SMILES string of the molecule is COc1cc(-c2nc3ccc(CNc4ccccc4)cc3n2C2(C)COC2)c(F)c(OCc2ccccc2)c1OCc1ccccc1. The summed E-state index contributed by atoms with van der Waals surface area (Å²) in [5.74, 6) is 0.413. The average Bonchev–Trinajstić information content (AvgIpc) is 3.48. The van der Waals surface area contributed by atoms with E-state index in [4.69, 9.17) is 23.9 Å². The summed E-state index contributed by atoms with van der Waals surface area (Å²) >= 11 is 0. The summed E-state index contributed by atoms with van der Waals surface area (Å²) in [6.07, 6.45) is 0. The van der Waals surface area contributed by atoms with Crippen molar-refractivity contribution in [2.75, 3.05) is 25.6 Å². The minimum Gasteiger partial charge on any atom is -0.493 e. The molecule has 6 aromatic rings. The molecule has 5 aromatic carbocycles. The zero-order chi connectivity index (χ0) is 32.2. The van der Waals surface area contributed by atoms with Crippen molar-refractivity contribution in [3.63, 3.8) is 0 Å². The zero-order valence-corrected chi connectivity index (χ0v) is 26.4. The third kappa shape index (κ3) is 6.24. The Kier molecular flexibility index (Phi) is 8.50. The van der Waals surface area contributed by atoms with Crippen molar-refractivity contribution in [1.82, 2.24) is 9.55 Å². The van der Waals surface area contributed by atoms with Crippen LogP contribution < -0.4 is 19.5 Å². The monoisotopic (exact) mass is 629 g/mol.